The SMILES string of the molecule is CC(C)n1cncc1CN1CCC[C@](C)(Cc2ccc3c(c2)OCO3)C1. The first-order chi connectivity index (χ1) is 12.5. The van der Waals surface area contributed by atoms with E-state index in [1.165, 1.54) is 30.6 Å². The van der Waals surface area contributed by atoms with Gasteiger partial charge in [-0.3, -0.25) is 4.90 Å². The summed E-state index contributed by atoms with van der Waals surface area (Å²) in [7, 11) is 0. The minimum Gasteiger partial charge on any atom is -0.454 e. The van der Waals surface area contributed by atoms with Gasteiger partial charge in [-0.05, 0) is 62.8 Å². The molecule has 5 heteroatoms. The first-order valence-electron chi connectivity index (χ1n) is 9.64. The Labute approximate surface area is 155 Å². The molecular weight excluding hydrogens is 326 g/mol. The van der Waals surface area contributed by atoms with Crippen molar-refractivity contribution in [3.8, 4) is 11.5 Å². The minimum atomic E-state index is 0.286. The predicted molar refractivity (Wildman–Crippen MR) is 101 cm³/mol. The van der Waals surface area contributed by atoms with Gasteiger partial charge in [-0.15, -0.1) is 0 Å². The summed E-state index contributed by atoms with van der Waals surface area (Å²) in [6.45, 7) is 10.5. The molecule has 0 N–H and O–H groups in total. The monoisotopic (exact) mass is 355 g/mol. The van der Waals surface area contributed by atoms with Crippen LogP contribution in [0.15, 0.2) is 30.7 Å². The average Bonchev–Trinajstić information content (AvgIpc) is 3.23. The van der Waals surface area contributed by atoms with Gasteiger partial charge in [0.05, 0.1) is 12.0 Å². The van der Waals surface area contributed by atoms with Crippen LogP contribution in [0, 0.1) is 5.41 Å². The molecular formula is C21H29N3O2. The maximum atomic E-state index is 5.55. The molecule has 2 aliphatic rings. The third-order valence-electron chi connectivity index (χ3n) is 5.62. The van der Waals surface area contributed by atoms with E-state index in [0.29, 0.717) is 12.8 Å². The van der Waals surface area contributed by atoms with Crippen molar-refractivity contribution in [2.24, 2.45) is 5.41 Å². The molecule has 5 nitrogen and oxygen atoms in total. The summed E-state index contributed by atoms with van der Waals surface area (Å²) in [5.74, 6) is 1.76. The third-order valence-corrected chi connectivity index (χ3v) is 5.62. The Hall–Kier alpha value is -2.01. The number of piperidine rings is 1. The van der Waals surface area contributed by atoms with Gasteiger partial charge in [0.15, 0.2) is 11.5 Å². The number of imidazole rings is 1. The summed E-state index contributed by atoms with van der Waals surface area (Å²) in [6, 6.07) is 6.84. The Kier molecular flexibility index (Phi) is 4.65. The second-order valence-electron chi connectivity index (χ2n) is 8.38. The molecule has 1 saturated heterocycles. The summed E-state index contributed by atoms with van der Waals surface area (Å²) in [5, 5.41) is 0. The molecule has 0 aliphatic carbocycles. The lowest BCUT2D eigenvalue weighted by atomic mass is 9.77. The van der Waals surface area contributed by atoms with Crippen LogP contribution in [0.5, 0.6) is 11.5 Å². The van der Waals surface area contributed by atoms with Gasteiger partial charge >= 0.3 is 0 Å². The average molecular weight is 355 g/mol. The zero-order valence-corrected chi connectivity index (χ0v) is 16.1. The number of nitrogens with zero attached hydrogens (tertiary/aromatic N) is 3. The van der Waals surface area contributed by atoms with Crippen LogP contribution in [-0.2, 0) is 13.0 Å². The van der Waals surface area contributed by atoms with Crippen LogP contribution in [-0.4, -0.2) is 34.3 Å². The van der Waals surface area contributed by atoms with Gasteiger partial charge in [-0.1, -0.05) is 13.0 Å². The Morgan fingerprint density at radius 1 is 1.23 bits per heavy atom. The fourth-order valence-electron chi connectivity index (χ4n) is 4.40. The molecule has 0 radical (unpaired) electrons. The quantitative estimate of drug-likeness (QED) is 0.811. The van der Waals surface area contributed by atoms with Gasteiger partial charge in [0.2, 0.25) is 6.79 Å². The number of benzene rings is 1. The van der Waals surface area contributed by atoms with Crippen LogP contribution in [0.2, 0.25) is 0 Å². The van der Waals surface area contributed by atoms with Crippen LogP contribution in [0.4, 0.5) is 0 Å². The molecule has 26 heavy (non-hydrogen) atoms. The summed E-state index contributed by atoms with van der Waals surface area (Å²) in [4.78, 5) is 6.95. The van der Waals surface area contributed by atoms with E-state index in [1.54, 1.807) is 0 Å². The number of hydrogen-bond donors (Lipinski definition) is 0. The molecule has 0 saturated carbocycles. The number of likely N-dealkylation sites (tertiary alicyclic amines) is 1. The molecule has 0 spiro atoms. The lowest BCUT2D eigenvalue weighted by Gasteiger charge is -2.41. The predicted octanol–water partition coefficient (Wildman–Crippen LogP) is 4.04. The number of aromatic nitrogens is 2. The minimum absolute atomic E-state index is 0.286. The van der Waals surface area contributed by atoms with Gasteiger partial charge in [0.1, 0.15) is 0 Å². The van der Waals surface area contributed by atoms with Gasteiger partial charge < -0.3 is 14.0 Å². The van der Waals surface area contributed by atoms with Crippen molar-refractivity contribution in [2.45, 2.75) is 52.6 Å². The number of fused-ring (bicyclic) bond motifs is 1. The normalized spacial score (nSPS) is 22.9. The highest BCUT2D eigenvalue weighted by Crippen LogP contribution is 2.37. The molecule has 3 heterocycles. The van der Waals surface area contributed by atoms with Crippen LogP contribution in [0.25, 0.3) is 0 Å². The van der Waals surface area contributed by atoms with Crippen LogP contribution in [0.3, 0.4) is 0 Å². The van der Waals surface area contributed by atoms with Crippen molar-refractivity contribution in [3.63, 3.8) is 0 Å². The van der Waals surface area contributed by atoms with Crippen molar-refractivity contribution >= 4 is 0 Å². The lowest BCUT2D eigenvalue weighted by molar-refractivity contribution is 0.0947. The van der Waals surface area contributed by atoms with Crippen molar-refractivity contribution in [2.75, 3.05) is 19.9 Å². The zero-order valence-electron chi connectivity index (χ0n) is 16.1. The largest absolute Gasteiger partial charge is 0.454 e. The van der Waals surface area contributed by atoms with Crippen molar-refractivity contribution in [1.29, 1.82) is 0 Å². The fourth-order valence-corrected chi connectivity index (χ4v) is 4.40. The molecule has 4 rings (SSSR count). The summed E-state index contributed by atoms with van der Waals surface area (Å²) in [5.41, 5.74) is 2.94. The van der Waals surface area contributed by atoms with Gasteiger partial charge in [0.25, 0.3) is 0 Å². The van der Waals surface area contributed by atoms with Gasteiger partial charge in [-0.2, -0.15) is 0 Å². The second-order valence-corrected chi connectivity index (χ2v) is 8.38. The molecule has 1 aromatic heterocycles. The Morgan fingerprint density at radius 2 is 2.08 bits per heavy atom. The number of ether oxygens (including phenoxy) is 2. The highest BCUT2D eigenvalue weighted by atomic mass is 16.7. The molecule has 1 aromatic carbocycles. The van der Waals surface area contributed by atoms with E-state index >= 15 is 0 Å². The zero-order chi connectivity index (χ0) is 18.1. The van der Waals surface area contributed by atoms with E-state index in [1.807, 2.05) is 18.6 Å². The van der Waals surface area contributed by atoms with E-state index in [2.05, 4.69) is 47.4 Å². The maximum Gasteiger partial charge on any atom is 0.231 e. The van der Waals surface area contributed by atoms with Crippen LogP contribution < -0.4 is 9.47 Å². The molecule has 2 aromatic rings. The van der Waals surface area contributed by atoms with Crippen LogP contribution in [0.1, 0.15) is 50.9 Å². The fraction of sp³-hybridized carbons (Fsp3) is 0.571. The smallest absolute Gasteiger partial charge is 0.231 e. The first kappa shape index (κ1) is 17.4. The van der Waals surface area contributed by atoms with Crippen molar-refractivity contribution in [3.05, 3.63) is 42.0 Å². The topological polar surface area (TPSA) is 39.5 Å². The first-order valence-corrected chi connectivity index (χ1v) is 9.64. The third kappa shape index (κ3) is 3.58. The Bertz CT molecular complexity index is 770. The standard InChI is InChI=1S/C21H29N3O2/c1-16(2)24-14-22-11-18(24)12-23-8-4-7-21(3,13-23)10-17-5-6-19-20(9-17)26-15-25-19/h5-6,9,11,14,16H,4,7-8,10,12-13,15H2,1-3H3/t21-/m1/s1. The molecule has 0 bridgehead atoms. The van der Waals surface area contributed by atoms with Gasteiger partial charge in [-0.25, -0.2) is 4.98 Å². The van der Waals surface area contributed by atoms with E-state index in [-0.39, 0.29) is 5.41 Å². The van der Waals surface area contributed by atoms with Crippen molar-refractivity contribution < 1.29 is 9.47 Å². The summed E-state index contributed by atoms with van der Waals surface area (Å²) in [6.07, 6.45) is 7.56. The Morgan fingerprint density at radius 3 is 2.92 bits per heavy atom. The molecule has 0 unspecified atom stereocenters. The highest BCUT2D eigenvalue weighted by Gasteiger charge is 2.32. The maximum absolute atomic E-state index is 5.55. The Balaban J connectivity index is 1.44. The summed E-state index contributed by atoms with van der Waals surface area (Å²) >= 11 is 0. The van der Waals surface area contributed by atoms with Crippen LogP contribution >= 0.6 is 0 Å². The van der Waals surface area contributed by atoms with E-state index in [0.717, 1.165) is 31.0 Å². The second kappa shape index (κ2) is 6.95. The van der Waals surface area contributed by atoms with E-state index in [4.69, 9.17) is 9.47 Å². The number of hydrogen-bond acceptors (Lipinski definition) is 4. The highest BCUT2D eigenvalue weighted by molar-refractivity contribution is 5.44. The van der Waals surface area contributed by atoms with E-state index < -0.39 is 0 Å². The summed E-state index contributed by atoms with van der Waals surface area (Å²) < 4.78 is 13.3. The van der Waals surface area contributed by atoms with Gasteiger partial charge in [0, 0.05) is 25.3 Å². The molecule has 1 atom stereocenters. The molecule has 0 amide bonds. The lowest BCUT2D eigenvalue weighted by Crippen LogP contribution is -2.42. The van der Waals surface area contributed by atoms with Crippen molar-refractivity contribution in [1.82, 2.24) is 14.5 Å². The number of rotatable bonds is 5. The molecule has 1 fully saturated rings. The van der Waals surface area contributed by atoms with E-state index in [9.17, 15) is 0 Å². The molecule has 2 aliphatic heterocycles. The molecule has 140 valence electrons.